The molecule has 124 valence electrons. The average Bonchev–Trinajstić information content (AvgIpc) is 2.53. The fourth-order valence-corrected chi connectivity index (χ4v) is 2.76. The summed E-state index contributed by atoms with van der Waals surface area (Å²) in [6, 6.07) is 5.07. The highest BCUT2D eigenvalue weighted by molar-refractivity contribution is 6.12. The van der Waals surface area contributed by atoms with Crippen molar-refractivity contribution in [2.24, 2.45) is 5.41 Å². The Labute approximate surface area is 135 Å². The molecule has 0 fully saturated rings. The summed E-state index contributed by atoms with van der Waals surface area (Å²) in [5.74, 6) is -8.04. The molecular weight excluding hydrogens is 320 g/mol. The third kappa shape index (κ3) is 2.43. The molecule has 0 saturated heterocycles. The van der Waals surface area contributed by atoms with Crippen molar-refractivity contribution in [2.75, 3.05) is 0 Å². The van der Waals surface area contributed by atoms with Crippen LogP contribution in [-0.2, 0) is 14.4 Å². The van der Waals surface area contributed by atoms with E-state index in [1.807, 2.05) is 0 Å². The summed E-state index contributed by atoms with van der Waals surface area (Å²) in [4.78, 5) is 46.1. The molecule has 4 N–H and O–H groups in total. The van der Waals surface area contributed by atoms with Gasteiger partial charge in [-0.15, -0.1) is 0 Å². The molecule has 1 aromatic carbocycles. The topological polar surface area (TPSA) is 149 Å². The van der Waals surface area contributed by atoms with Crippen LogP contribution in [0.5, 0.6) is 0 Å². The standard InChI is InChI=1S/C16H12O8/c17-12(18)9-4-1-3-8(7-9)10-5-2-6-11(13(19)20)16(10,14(21)22)15(23)24/h1-7,10H,(H,17,18)(H,19,20)(H,21,22)(H,23,24). The van der Waals surface area contributed by atoms with Gasteiger partial charge in [-0.1, -0.05) is 30.4 Å². The molecule has 0 heterocycles. The van der Waals surface area contributed by atoms with E-state index in [0.29, 0.717) is 0 Å². The van der Waals surface area contributed by atoms with Crippen molar-refractivity contribution in [1.82, 2.24) is 0 Å². The Bertz CT molecular complexity index is 788. The van der Waals surface area contributed by atoms with Gasteiger partial charge in [0.1, 0.15) is 0 Å². The lowest BCUT2D eigenvalue weighted by molar-refractivity contribution is -0.165. The van der Waals surface area contributed by atoms with Crippen LogP contribution in [0.1, 0.15) is 21.8 Å². The maximum absolute atomic E-state index is 11.8. The van der Waals surface area contributed by atoms with Crippen molar-refractivity contribution >= 4 is 23.9 Å². The van der Waals surface area contributed by atoms with Gasteiger partial charge in [-0.2, -0.15) is 0 Å². The van der Waals surface area contributed by atoms with E-state index in [1.54, 1.807) is 0 Å². The Kier molecular flexibility index (Phi) is 4.23. The molecule has 0 aromatic heterocycles. The van der Waals surface area contributed by atoms with Gasteiger partial charge in [-0.05, 0) is 17.7 Å². The van der Waals surface area contributed by atoms with Gasteiger partial charge in [-0.3, -0.25) is 9.59 Å². The average molecular weight is 332 g/mol. The minimum absolute atomic E-state index is 0.0720. The molecule has 0 spiro atoms. The number of hydrogen-bond donors (Lipinski definition) is 4. The van der Waals surface area contributed by atoms with E-state index < -0.39 is 40.8 Å². The van der Waals surface area contributed by atoms with Gasteiger partial charge in [0.2, 0.25) is 5.41 Å². The Morgan fingerprint density at radius 3 is 2.04 bits per heavy atom. The Balaban J connectivity index is 2.74. The third-order valence-corrected chi connectivity index (χ3v) is 3.86. The van der Waals surface area contributed by atoms with E-state index in [9.17, 15) is 34.5 Å². The van der Waals surface area contributed by atoms with Crippen LogP contribution >= 0.6 is 0 Å². The second-order valence-electron chi connectivity index (χ2n) is 5.10. The number of allylic oxidation sites excluding steroid dienone is 3. The lowest BCUT2D eigenvalue weighted by Gasteiger charge is -2.34. The Morgan fingerprint density at radius 1 is 0.917 bits per heavy atom. The highest BCUT2D eigenvalue weighted by atomic mass is 16.4. The maximum Gasteiger partial charge on any atom is 0.335 e. The summed E-state index contributed by atoms with van der Waals surface area (Å²) < 4.78 is 0. The predicted octanol–water partition coefficient (Wildman–Crippen LogP) is 1.20. The summed E-state index contributed by atoms with van der Waals surface area (Å²) in [5, 5.41) is 37.4. The summed E-state index contributed by atoms with van der Waals surface area (Å²) in [5.41, 5.74) is -3.67. The summed E-state index contributed by atoms with van der Waals surface area (Å²) in [6.45, 7) is 0. The van der Waals surface area contributed by atoms with Crippen molar-refractivity contribution in [3.8, 4) is 0 Å². The fourth-order valence-electron chi connectivity index (χ4n) is 2.76. The van der Waals surface area contributed by atoms with Gasteiger partial charge in [-0.25, -0.2) is 9.59 Å². The first kappa shape index (κ1) is 16.9. The quantitative estimate of drug-likeness (QED) is 0.588. The van der Waals surface area contributed by atoms with Crippen molar-refractivity contribution in [3.63, 3.8) is 0 Å². The van der Waals surface area contributed by atoms with E-state index in [2.05, 4.69) is 0 Å². The first-order valence-corrected chi connectivity index (χ1v) is 6.65. The lowest BCUT2D eigenvalue weighted by Crippen LogP contribution is -2.48. The normalized spacial score (nSPS) is 18.5. The van der Waals surface area contributed by atoms with E-state index in [-0.39, 0.29) is 11.1 Å². The highest BCUT2D eigenvalue weighted by Crippen LogP contribution is 2.46. The Morgan fingerprint density at radius 2 is 1.54 bits per heavy atom. The van der Waals surface area contributed by atoms with Crippen LogP contribution in [0.25, 0.3) is 0 Å². The van der Waals surface area contributed by atoms with Gasteiger partial charge in [0.25, 0.3) is 0 Å². The van der Waals surface area contributed by atoms with Gasteiger partial charge >= 0.3 is 23.9 Å². The second-order valence-corrected chi connectivity index (χ2v) is 5.10. The zero-order valence-corrected chi connectivity index (χ0v) is 12.0. The molecule has 8 heteroatoms. The van der Waals surface area contributed by atoms with Crippen LogP contribution in [-0.4, -0.2) is 44.3 Å². The smallest absolute Gasteiger partial charge is 0.335 e. The number of hydrogen-bond acceptors (Lipinski definition) is 4. The molecule has 1 aliphatic carbocycles. The second kappa shape index (κ2) is 5.99. The van der Waals surface area contributed by atoms with Crippen molar-refractivity contribution in [3.05, 3.63) is 59.2 Å². The minimum Gasteiger partial charge on any atom is -0.480 e. The molecule has 0 amide bonds. The van der Waals surface area contributed by atoms with Crippen LogP contribution < -0.4 is 0 Å². The third-order valence-electron chi connectivity index (χ3n) is 3.86. The molecular formula is C16H12O8. The minimum atomic E-state index is -2.77. The van der Waals surface area contributed by atoms with Crippen molar-refractivity contribution < 1.29 is 39.6 Å². The number of aromatic carboxylic acids is 1. The lowest BCUT2D eigenvalue weighted by atomic mass is 9.64. The van der Waals surface area contributed by atoms with Crippen molar-refractivity contribution in [1.29, 1.82) is 0 Å². The van der Waals surface area contributed by atoms with E-state index >= 15 is 0 Å². The molecule has 0 bridgehead atoms. The van der Waals surface area contributed by atoms with Crippen LogP contribution in [0.4, 0.5) is 0 Å². The summed E-state index contributed by atoms with van der Waals surface area (Å²) in [7, 11) is 0. The number of aliphatic carboxylic acids is 3. The molecule has 2 rings (SSSR count). The maximum atomic E-state index is 11.8. The SMILES string of the molecule is O=C(O)C1=CC=CC(c2cccc(C(=O)O)c2)C1(C(=O)O)C(=O)O. The predicted molar refractivity (Wildman–Crippen MR) is 78.7 cm³/mol. The molecule has 1 aromatic rings. The number of carboxylic acids is 4. The molecule has 8 nitrogen and oxygen atoms in total. The zero-order chi connectivity index (χ0) is 18.1. The van der Waals surface area contributed by atoms with E-state index in [0.717, 1.165) is 12.1 Å². The van der Waals surface area contributed by atoms with E-state index in [1.165, 1.54) is 30.4 Å². The molecule has 0 radical (unpaired) electrons. The molecule has 1 unspecified atom stereocenters. The molecule has 1 atom stereocenters. The molecule has 24 heavy (non-hydrogen) atoms. The summed E-state index contributed by atoms with van der Waals surface area (Å²) in [6.07, 6.45) is 3.39. The number of carbonyl (C=O) groups is 4. The van der Waals surface area contributed by atoms with Gasteiger partial charge in [0, 0.05) is 5.92 Å². The van der Waals surface area contributed by atoms with Gasteiger partial charge in [0.05, 0.1) is 11.1 Å². The summed E-state index contributed by atoms with van der Waals surface area (Å²) >= 11 is 0. The van der Waals surface area contributed by atoms with Gasteiger partial charge in [0.15, 0.2) is 0 Å². The van der Waals surface area contributed by atoms with Crippen LogP contribution in [0.2, 0.25) is 0 Å². The van der Waals surface area contributed by atoms with Crippen molar-refractivity contribution in [2.45, 2.75) is 5.92 Å². The highest BCUT2D eigenvalue weighted by Gasteiger charge is 2.58. The van der Waals surface area contributed by atoms with E-state index in [4.69, 9.17) is 5.11 Å². The monoisotopic (exact) mass is 332 g/mol. The van der Waals surface area contributed by atoms with Crippen LogP contribution in [0.3, 0.4) is 0 Å². The van der Waals surface area contributed by atoms with Crippen LogP contribution in [0, 0.1) is 5.41 Å². The first-order valence-electron chi connectivity index (χ1n) is 6.65. The first-order chi connectivity index (χ1) is 11.2. The Hall–Kier alpha value is -3.42. The fraction of sp³-hybridized carbons (Fsp3) is 0.125. The molecule has 0 aliphatic heterocycles. The number of benzene rings is 1. The zero-order valence-electron chi connectivity index (χ0n) is 12.0. The molecule has 0 saturated carbocycles. The molecule has 1 aliphatic rings. The number of carboxylic acid groups (broad SMARTS) is 4. The van der Waals surface area contributed by atoms with Crippen LogP contribution in [0.15, 0.2) is 48.1 Å². The van der Waals surface area contributed by atoms with Gasteiger partial charge < -0.3 is 20.4 Å². The number of rotatable bonds is 5. The largest absolute Gasteiger partial charge is 0.480 e.